The molecule has 122 valence electrons. The summed E-state index contributed by atoms with van der Waals surface area (Å²) in [6, 6.07) is 5.20. The van der Waals surface area contributed by atoms with E-state index in [1.54, 1.807) is 4.90 Å². The summed E-state index contributed by atoms with van der Waals surface area (Å²) in [5.41, 5.74) is 1.37. The molecule has 7 nitrogen and oxygen atoms in total. The van der Waals surface area contributed by atoms with Crippen LogP contribution in [0, 0.1) is 0 Å². The monoisotopic (exact) mass is 317 g/mol. The molecule has 4 amide bonds. The Balaban J connectivity index is 1.84. The average Bonchev–Trinajstić information content (AvgIpc) is 2.97. The number of hydrogen-bond acceptors (Lipinski definition) is 4. The molecule has 0 aliphatic carbocycles. The highest BCUT2D eigenvalue weighted by Gasteiger charge is 2.48. The van der Waals surface area contributed by atoms with Crippen LogP contribution in [0.3, 0.4) is 0 Å². The highest BCUT2D eigenvalue weighted by Crippen LogP contribution is 2.27. The van der Waals surface area contributed by atoms with Crippen LogP contribution >= 0.6 is 0 Å². The number of rotatable bonds is 5. The van der Waals surface area contributed by atoms with Crippen LogP contribution in [-0.4, -0.2) is 46.5 Å². The Kier molecular flexibility index (Phi) is 3.81. The SMILES string of the molecule is CCc1ccc2c(c1)C(=O)N(CC1(CCO)NC(=O)NC1=O)C2. The number of nitrogens with zero attached hydrogens (tertiary/aromatic N) is 1. The fraction of sp³-hybridized carbons (Fsp3) is 0.438. The first-order valence-electron chi connectivity index (χ1n) is 7.64. The van der Waals surface area contributed by atoms with E-state index in [9.17, 15) is 19.5 Å². The molecular weight excluding hydrogens is 298 g/mol. The van der Waals surface area contributed by atoms with Gasteiger partial charge in [-0.1, -0.05) is 19.1 Å². The first-order chi connectivity index (χ1) is 11.0. The molecule has 0 bridgehead atoms. The van der Waals surface area contributed by atoms with E-state index >= 15 is 0 Å². The van der Waals surface area contributed by atoms with Crippen molar-refractivity contribution in [2.75, 3.05) is 13.2 Å². The van der Waals surface area contributed by atoms with Crippen LogP contribution in [0.4, 0.5) is 4.79 Å². The molecule has 2 aliphatic heterocycles. The van der Waals surface area contributed by atoms with Gasteiger partial charge in [0.25, 0.3) is 11.8 Å². The number of aliphatic hydroxyl groups excluding tert-OH is 1. The zero-order chi connectivity index (χ0) is 16.6. The molecule has 2 heterocycles. The van der Waals surface area contributed by atoms with Gasteiger partial charge in [-0.3, -0.25) is 14.9 Å². The van der Waals surface area contributed by atoms with E-state index in [-0.39, 0.29) is 25.5 Å². The van der Waals surface area contributed by atoms with Gasteiger partial charge in [-0.2, -0.15) is 0 Å². The van der Waals surface area contributed by atoms with E-state index in [1.807, 2.05) is 25.1 Å². The molecular formula is C16H19N3O4. The number of fused-ring (bicyclic) bond motifs is 1. The van der Waals surface area contributed by atoms with Crippen LogP contribution < -0.4 is 10.6 Å². The lowest BCUT2D eigenvalue weighted by Crippen LogP contribution is -2.55. The minimum Gasteiger partial charge on any atom is -0.396 e. The number of carbonyl (C=O) groups excluding carboxylic acids is 3. The second-order valence-corrected chi connectivity index (χ2v) is 5.97. The van der Waals surface area contributed by atoms with Crippen molar-refractivity contribution in [2.24, 2.45) is 0 Å². The fourth-order valence-corrected chi connectivity index (χ4v) is 3.17. The zero-order valence-electron chi connectivity index (χ0n) is 12.9. The van der Waals surface area contributed by atoms with Crippen molar-refractivity contribution >= 4 is 17.8 Å². The van der Waals surface area contributed by atoms with E-state index in [0.29, 0.717) is 12.1 Å². The number of carbonyl (C=O) groups is 3. The maximum absolute atomic E-state index is 12.6. The molecule has 23 heavy (non-hydrogen) atoms. The second-order valence-electron chi connectivity index (χ2n) is 5.97. The van der Waals surface area contributed by atoms with Crippen LogP contribution in [0.5, 0.6) is 0 Å². The van der Waals surface area contributed by atoms with Crippen molar-refractivity contribution < 1.29 is 19.5 Å². The number of benzene rings is 1. The molecule has 0 radical (unpaired) electrons. The van der Waals surface area contributed by atoms with Crippen molar-refractivity contribution in [1.29, 1.82) is 0 Å². The molecule has 3 N–H and O–H groups in total. The molecule has 1 unspecified atom stereocenters. The largest absolute Gasteiger partial charge is 0.396 e. The standard InChI is InChI=1S/C16H19N3O4/c1-2-10-3-4-11-8-19(13(21)12(11)7-10)9-16(5-6-20)14(22)17-15(23)18-16/h3-4,7,20H,2,5-6,8-9H2,1H3,(H2,17,18,22,23). The summed E-state index contributed by atoms with van der Waals surface area (Å²) in [5.74, 6) is -0.656. The predicted octanol–water partition coefficient (Wildman–Crippen LogP) is 0.165. The van der Waals surface area contributed by atoms with Crippen molar-refractivity contribution in [3.8, 4) is 0 Å². The summed E-state index contributed by atoms with van der Waals surface area (Å²) >= 11 is 0. The smallest absolute Gasteiger partial charge is 0.322 e. The van der Waals surface area contributed by atoms with Gasteiger partial charge in [0.1, 0.15) is 5.54 Å². The maximum Gasteiger partial charge on any atom is 0.322 e. The average molecular weight is 317 g/mol. The fourth-order valence-electron chi connectivity index (χ4n) is 3.17. The second kappa shape index (κ2) is 5.66. The van der Waals surface area contributed by atoms with Crippen molar-refractivity contribution in [1.82, 2.24) is 15.5 Å². The van der Waals surface area contributed by atoms with Gasteiger partial charge in [0, 0.05) is 25.1 Å². The van der Waals surface area contributed by atoms with Gasteiger partial charge in [0.2, 0.25) is 0 Å². The number of hydrogen-bond donors (Lipinski definition) is 3. The van der Waals surface area contributed by atoms with Gasteiger partial charge in [0.05, 0.1) is 6.54 Å². The van der Waals surface area contributed by atoms with Crippen molar-refractivity contribution in [2.45, 2.75) is 31.8 Å². The maximum atomic E-state index is 12.6. The molecule has 1 saturated heterocycles. The zero-order valence-corrected chi connectivity index (χ0v) is 12.9. The third-order valence-electron chi connectivity index (χ3n) is 4.48. The lowest BCUT2D eigenvalue weighted by molar-refractivity contribution is -0.125. The van der Waals surface area contributed by atoms with Crippen LogP contribution in [0.2, 0.25) is 0 Å². The molecule has 1 aromatic carbocycles. The molecule has 1 fully saturated rings. The van der Waals surface area contributed by atoms with Gasteiger partial charge in [-0.25, -0.2) is 4.79 Å². The predicted molar refractivity (Wildman–Crippen MR) is 81.7 cm³/mol. The Hall–Kier alpha value is -2.41. The molecule has 1 atom stereocenters. The Labute approximate surface area is 133 Å². The van der Waals surface area contributed by atoms with Crippen LogP contribution in [0.15, 0.2) is 18.2 Å². The first kappa shape index (κ1) is 15.5. The third-order valence-corrected chi connectivity index (χ3v) is 4.48. The van der Waals surface area contributed by atoms with Gasteiger partial charge in [0.15, 0.2) is 0 Å². The van der Waals surface area contributed by atoms with E-state index in [0.717, 1.165) is 17.5 Å². The number of nitrogens with one attached hydrogen (secondary N) is 2. The van der Waals surface area contributed by atoms with Gasteiger partial charge in [-0.15, -0.1) is 0 Å². The van der Waals surface area contributed by atoms with Crippen molar-refractivity contribution in [3.05, 3.63) is 34.9 Å². The first-order valence-corrected chi connectivity index (χ1v) is 7.64. The van der Waals surface area contributed by atoms with E-state index < -0.39 is 17.5 Å². The quantitative estimate of drug-likeness (QED) is 0.674. The number of amides is 4. The molecule has 0 aromatic heterocycles. The minimum atomic E-state index is -1.27. The topological polar surface area (TPSA) is 98.7 Å². The normalized spacial score (nSPS) is 23.0. The Morgan fingerprint density at radius 2 is 2.09 bits per heavy atom. The summed E-state index contributed by atoms with van der Waals surface area (Å²) in [4.78, 5) is 37.7. The molecule has 2 aliphatic rings. The third kappa shape index (κ3) is 2.57. The minimum absolute atomic E-state index is 0.0418. The highest BCUT2D eigenvalue weighted by atomic mass is 16.3. The molecule has 3 rings (SSSR count). The summed E-state index contributed by atoms with van der Waals surface area (Å²) in [5, 5.41) is 14.0. The Morgan fingerprint density at radius 1 is 1.30 bits per heavy atom. The summed E-state index contributed by atoms with van der Waals surface area (Å²) in [6.45, 7) is 2.20. The van der Waals surface area contributed by atoms with Gasteiger partial charge < -0.3 is 15.3 Å². The summed E-state index contributed by atoms with van der Waals surface area (Å²) in [6.07, 6.45) is 0.901. The number of imide groups is 1. The van der Waals surface area contributed by atoms with Crippen LogP contribution in [0.1, 0.15) is 34.8 Å². The van der Waals surface area contributed by atoms with E-state index in [4.69, 9.17) is 0 Å². The number of aryl methyl sites for hydroxylation is 1. The summed E-state index contributed by atoms with van der Waals surface area (Å²) in [7, 11) is 0. The molecule has 0 spiro atoms. The van der Waals surface area contributed by atoms with E-state index in [2.05, 4.69) is 10.6 Å². The number of urea groups is 1. The highest BCUT2D eigenvalue weighted by molar-refractivity contribution is 6.08. The van der Waals surface area contributed by atoms with Gasteiger partial charge >= 0.3 is 6.03 Å². The van der Waals surface area contributed by atoms with Crippen molar-refractivity contribution in [3.63, 3.8) is 0 Å². The molecule has 1 aromatic rings. The lowest BCUT2D eigenvalue weighted by atomic mass is 9.95. The van der Waals surface area contributed by atoms with Crippen LogP contribution in [0.25, 0.3) is 0 Å². The molecule has 0 saturated carbocycles. The summed E-state index contributed by atoms with van der Waals surface area (Å²) < 4.78 is 0. The Morgan fingerprint density at radius 3 is 2.70 bits per heavy atom. The van der Waals surface area contributed by atoms with E-state index in [1.165, 1.54) is 0 Å². The van der Waals surface area contributed by atoms with Gasteiger partial charge in [-0.05, 0) is 23.6 Å². The van der Waals surface area contributed by atoms with Crippen LogP contribution in [-0.2, 0) is 17.8 Å². The lowest BCUT2D eigenvalue weighted by Gasteiger charge is -2.30. The number of aliphatic hydroxyl groups is 1. The Bertz CT molecular complexity index is 688. The molecule has 7 heteroatoms.